The lowest BCUT2D eigenvalue weighted by molar-refractivity contribution is 0.682. The second kappa shape index (κ2) is 5.63. The standard InChI is InChI=1S/C11H12ClN7/c1-7(10-15-17-18-16-10)6-19(2)11-9(12)3-8(4-13)5-14-11/h3,5,7H,6H2,1-2H3,(H,15,16,17,18)/t7-/m0/s1. The molecule has 7 nitrogen and oxygen atoms in total. The zero-order valence-electron chi connectivity index (χ0n) is 10.5. The summed E-state index contributed by atoms with van der Waals surface area (Å²) in [6.45, 7) is 2.62. The first-order valence-electron chi connectivity index (χ1n) is 5.62. The largest absolute Gasteiger partial charge is 0.358 e. The molecule has 2 rings (SSSR count). The van der Waals surface area contributed by atoms with Crippen molar-refractivity contribution in [3.63, 3.8) is 0 Å². The molecule has 0 spiro atoms. The first-order chi connectivity index (χ1) is 9.11. The lowest BCUT2D eigenvalue weighted by Crippen LogP contribution is -2.24. The molecule has 0 saturated carbocycles. The average molecular weight is 278 g/mol. The second-order valence-electron chi connectivity index (χ2n) is 4.19. The Morgan fingerprint density at radius 3 is 2.95 bits per heavy atom. The maximum Gasteiger partial charge on any atom is 0.179 e. The Morgan fingerprint density at radius 2 is 2.37 bits per heavy atom. The molecule has 1 N–H and O–H groups in total. The molecule has 0 fully saturated rings. The fraction of sp³-hybridized carbons (Fsp3) is 0.364. The van der Waals surface area contributed by atoms with Crippen LogP contribution < -0.4 is 4.90 Å². The summed E-state index contributed by atoms with van der Waals surface area (Å²) in [7, 11) is 1.87. The molecule has 2 aromatic heterocycles. The van der Waals surface area contributed by atoms with Gasteiger partial charge in [0.05, 0.1) is 10.6 Å². The van der Waals surface area contributed by atoms with Crippen molar-refractivity contribution in [1.82, 2.24) is 25.6 Å². The van der Waals surface area contributed by atoms with E-state index in [1.807, 2.05) is 24.9 Å². The number of likely N-dealkylation sites (N-methyl/N-ethyl adjacent to an activating group) is 1. The maximum atomic E-state index is 8.77. The molecule has 0 aliphatic rings. The SMILES string of the molecule is C[C@@H](CN(C)c1ncc(C#N)cc1Cl)c1nn[nH]n1. The Kier molecular flexibility index (Phi) is 3.92. The first-order valence-corrected chi connectivity index (χ1v) is 5.99. The topological polar surface area (TPSA) is 94.4 Å². The highest BCUT2D eigenvalue weighted by Crippen LogP contribution is 2.24. The van der Waals surface area contributed by atoms with Crippen molar-refractivity contribution >= 4 is 17.4 Å². The Morgan fingerprint density at radius 1 is 1.58 bits per heavy atom. The lowest BCUT2D eigenvalue weighted by Gasteiger charge is -2.21. The Hall–Kier alpha value is -2.20. The summed E-state index contributed by atoms with van der Waals surface area (Å²) in [5, 5.41) is 23.1. The van der Waals surface area contributed by atoms with E-state index in [9.17, 15) is 0 Å². The smallest absolute Gasteiger partial charge is 0.179 e. The summed E-state index contributed by atoms with van der Waals surface area (Å²) >= 11 is 6.11. The third-order valence-electron chi connectivity index (χ3n) is 2.66. The highest BCUT2D eigenvalue weighted by Gasteiger charge is 2.16. The fourth-order valence-corrected chi connectivity index (χ4v) is 2.04. The van der Waals surface area contributed by atoms with E-state index >= 15 is 0 Å². The summed E-state index contributed by atoms with van der Waals surface area (Å²) in [6.07, 6.45) is 1.50. The van der Waals surface area contributed by atoms with Gasteiger partial charge in [-0.3, -0.25) is 0 Å². The van der Waals surface area contributed by atoms with Crippen LogP contribution in [-0.4, -0.2) is 39.2 Å². The average Bonchev–Trinajstić information content (AvgIpc) is 2.92. The molecular weight excluding hydrogens is 266 g/mol. The molecule has 8 heteroatoms. The third-order valence-corrected chi connectivity index (χ3v) is 2.94. The monoisotopic (exact) mass is 277 g/mol. The number of hydrogen-bond acceptors (Lipinski definition) is 6. The van der Waals surface area contributed by atoms with E-state index < -0.39 is 0 Å². The lowest BCUT2D eigenvalue weighted by atomic mass is 10.1. The molecule has 2 heterocycles. The number of H-pyrrole nitrogens is 1. The van der Waals surface area contributed by atoms with E-state index in [0.717, 1.165) is 0 Å². The second-order valence-corrected chi connectivity index (χ2v) is 4.60. The predicted molar refractivity (Wildman–Crippen MR) is 69.8 cm³/mol. The first kappa shape index (κ1) is 13.2. The van der Waals surface area contributed by atoms with Gasteiger partial charge in [0, 0.05) is 25.7 Å². The highest BCUT2D eigenvalue weighted by molar-refractivity contribution is 6.33. The van der Waals surface area contributed by atoms with Crippen molar-refractivity contribution in [2.45, 2.75) is 12.8 Å². The van der Waals surface area contributed by atoms with Gasteiger partial charge in [-0.05, 0) is 6.07 Å². The van der Waals surface area contributed by atoms with Crippen LogP contribution in [-0.2, 0) is 0 Å². The van der Waals surface area contributed by atoms with Crippen LogP contribution in [0.2, 0.25) is 5.02 Å². The number of pyridine rings is 1. The van der Waals surface area contributed by atoms with Crippen LogP contribution in [0.1, 0.15) is 24.2 Å². The van der Waals surface area contributed by atoms with Gasteiger partial charge in [0.1, 0.15) is 11.9 Å². The van der Waals surface area contributed by atoms with E-state index in [1.165, 1.54) is 6.20 Å². The Bertz CT molecular complexity index is 590. The highest BCUT2D eigenvalue weighted by atomic mass is 35.5. The van der Waals surface area contributed by atoms with Gasteiger partial charge < -0.3 is 4.90 Å². The predicted octanol–water partition coefficient (Wildman–Crippen LogP) is 1.36. The van der Waals surface area contributed by atoms with Gasteiger partial charge in [0.2, 0.25) is 0 Å². The van der Waals surface area contributed by atoms with Gasteiger partial charge in [-0.15, -0.1) is 10.2 Å². The molecule has 19 heavy (non-hydrogen) atoms. The molecule has 98 valence electrons. The third kappa shape index (κ3) is 2.98. The number of halogens is 1. The molecule has 0 unspecified atom stereocenters. The van der Waals surface area contributed by atoms with Gasteiger partial charge in [0.25, 0.3) is 0 Å². The van der Waals surface area contributed by atoms with E-state index in [0.29, 0.717) is 28.8 Å². The molecule has 0 amide bonds. The van der Waals surface area contributed by atoms with Crippen molar-refractivity contribution in [2.24, 2.45) is 0 Å². The molecule has 0 aromatic carbocycles. The van der Waals surface area contributed by atoms with Crippen LogP contribution in [0.3, 0.4) is 0 Å². The summed E-state index contributed by atoms with van der Waals surface area (Å²) in [6, 6.07) is 3.60. The van der Waals surface area contributed by atoms with Crippen molar-refractivity contribution in [3.05, 3.63) is 28.7 Å². The number of rotatable bonds is 4. The molecule has 0 bridgehead atoms. The van der Waals surface area contributed by atoms with Crippen LogP contribution in [0, 0.1) is 11.3 Å². The Balaban J connectivity index is 2.12. The number of nitrogens with zero attached hydrogens (tertiary/aromatic N) is 6. The van der Waals surface area contributed by atoms with Gasteiger partial charge in [-0.1, -0.05) is 23.7 Å². The minimum atomic E-state index is 0.0808. The van der Waals surface area contributed by atoms with E-state index in [1.54, 1.807) is 6.07 Å². The van der Waals surface area contributed by atoms with Gasteiger partial charge in [-0.2, -0.15) is 10.5 Å². The number of hydrogen-bond donors (Lipinski definition) is 1. The van der Waals surface area contributed by atoms with Crippen molar-refractivity contribution < 1.29 is 0 Å². The number of anilines is 1. The number of aromatic nitrogens is 5. The molecule has 0 radical (unpaired) electrons. The number of aromatic amines is 1. The Labute approximate surface area is 115 Å². The van der Waals surface area contributed by atoms with Gasteiger partial charge >= 0.3 is 0 Å². The van der Waals surface area contributed by atoms with Crippen molar-refractivity contribution in [3.8, 4) is 6.07 Å². The summed E-state index contributed by atoms with van der Waals surface area (Å²) in [5.74, 6) is 1.34. The van der Waals surface area contributed by atoms with Gasteiger partial charge in [0.15, 0.2) is 5.82 Å². The normalized spacial score (nSPS) is 11.9. The summed E-state index contributed by atoms with van der Waals surface area (Å²) < 4.78 is 0. The quantitative estimate of drug-likeness (QED) is 0.907. The number of nitrogens with one attached hydrogen (secondary N) is 1. The summed E-state index contributed by atoms with van der Waals surface area (Å²) in [4.78, 5) is 6.08. The van der Waals surface area contributed by atoms with E-state index in [2.05, 4.69) is 25.6 Å². The minimum absolute atomic E-state index is 0.0808. The fourth-order valence-electron chi connectivity index (χ4n) is 1.73. The number of nitriles is 1. The molecule has 0 saturated heterocycles. The molecule has 0 aliphatic heterocycles. The van der Waals surface area contributed by atoms with E-state index in [4.69, 9.17) is 16.9 Å². The molecule has 0 aliphatic carbocycles. The number of tetrazole rings is 1. The van der Waals surface area contributed by atoms with Crippen molar-refractivity contribution in [1.29, 1.82) is 5.26 Å². The molecule has 1 atom stereocenters. The van der Waals surface area contributed by atoms with Crippen LogP contribution in [0.5, 0.6) is 0 Å². The van der Waals surface area contributed by atoms with E-state index in [-0.39, 0.29) is 5.92 Å². The minimum Gasteiger partial charge on any atom is -0.358 e. The summed E-state index contributed by atoms with van der Waals surface area (Å²) in [5.41, 5.74) is 0.438. The zero-order chi connectivity index (χ0) is 13.8. The van der Waals surface area contributed by atoms with Crippen molar-refractivity contribution in [2.75, 3.05) is 18.5 Å². The molecule has 2 aromatic rings. The van der Waals surface area contributed by atoms with Crippen LogP contribution >= 0.6 is 11.6 Å². The molecular formula is C11H12ClN7. The van der Waals surface area contributed by atoms with Crippen LogP contribution in [0.25, 0.3) is 0 Å². The zero-order valence-corrected chi connectivity index (χ0v) is 11.3. The van der Waals surface area contributed by atoms with Crippen LogP contribution in [0.4, 0.5) is 5.82 Å². The van der Waals surface area contributed by atoms with Crippen LogP contribution in [0.15, 0.2) is 12.3 Å². The maximum absolute atomic E-state index is 8.77. The van der Waals surface area contributed by atoms with Gasteiger partial charge in [-0.25, -0.2) is 4.98 Å².